The minimum atomic E-state index is -0.496. The average Bonchev–Trinajstić information content (AvgIpc) is 3.13. The summed E-state index contributed by atoms with van der Waals surface area (Å²) in [6.07, 6.45) is 2.81. The van der Waals surface area contributed by atoms with E-state index in [0.717, 1.165) is 29.5 Å². The van der Waals surface area contributed by atoms with Crippen molar-refractivity contribution in [1.29, 1.82) is 0 Å². The molecule has 8 nitrogen and oxygen atoms in total. The van der Waals surface area contributed by atoms with Crippen LogP contribution < -0.4 is 10.9 Å². The summed E-state index contributed by atoms with van der Waals surface area (Å²) in [5, 5.41) is 11.5. The van der Waals surface area contributed by atoms with Gasteiger partial charge in [-0.25, -0.2) is 9.48 Å². The number of thiophene rings is 1. The second-order valence-corrected chi connectivity index (χ2v) is 10.2. The monoisotopic (exact) mass is 454 g/mol. The van der Waals surface area contributed by atoms with Crippen molar-refractivity contribution in [3.8, 4) is 0 Å². The molecule has 1 aromatic carbocycles. The van der Waals surface area contributed by atoms with Crippen molar-refractivity contribution in [3.63, 3.8) is 0 Å². The highest BCUT2D eigenvalue weighted by molar-refractivity contribution is 7.18. The van der Waals surface area contributed by atoms with Crippen molar-refractivity contribution < 1.29 is 14.3 Å². The first-order valence-electron chi connectivity index (χ1n) is 10.5. The molecule has 0 saturated heterocycles. The van der Waals surface area contributed by atoms with E-state index >= 15 is 0 Å². The third kappa shape index (κ3) is 4.29. The number of hydrogen-bond acceptors (Lipinski definition) is 7. The van der Waals surface area contributed by atoms with E-state index in [1.807, 2.05) is 0 Å². The lowest BCUT2D eigenvalue weighted by atomic mass is 9.72. The van der Waals surface area contributed by atoms with Crippen LogP contribution in [0.25, 0.3) is 10.2 Å². The summed E-state index contributed by atoms with van der Waals surface area (Å²) in [5.74, 6) is -0.367. The largest absolute Gasteiger partial charge is 0.465 e. The van der Waals surface area contributed by atoms with E-state index in [0.29, 0.717) is 27.4 Å². The predicted octanol–water partition coefficient (Wildman–Crippen LogP) is 3.43. The van der Waals surface area contributed by atoms with Gasteiger partial charge in [0.25, 0.3) is 5.56 Å². The Kier molecular flexibility index (Phi) is 5.85. The minimum Gasteiger partial charge on any atom is -0.465 e. The Morgan fingerprint density at radius 3 is 2.81 bits per heavy atom. The summed E-state index contributed by atoms with van der Waals surface area (Å²) in [4.78, 5) is 39.2. The Morgan fingerprint density at radius 1 is 1.31 bits per heavy atom. The molecule has 4 rings (SSSR count). The smallest absolute Gasteiger partial charge is 0.337 e. The molecule has 2 aromatic heterocycles. The van der Waals surface area contributed by atoms with Crippen molar-refractivity contribution in [2.45, 2.75) is 46.6 Å². The number of rotatable bonds is 4. The summed E-state index contributed by atoms with van der Waals surface area (Å²) >= 11 is 1.54. The van der Waals surface area contributed by atoms with Crippen LogP contribution >= 0.6 is 11.3 Å². The number of aryl methyl sites for hydroxylation is 1. The summed E-state index contributed by atoms with van der Waals surface area (Å²) in [7, 11) is 1.29. The second kappa shape index (κ2) is 8.46. The van der Waals surface area contributed by atoms with Crippen LogP contribution in [0.2, 0.25) is 0 Å². The molecule has 0 unspecified atom stereocenters. The van der Waals surface area contributed by atoms with E-state index in [9.17, 15) is 14.4 Å². The number of ether oxygens (including phenoxy) is 1. The zero-order valence-corrected chi connectivity index (χ0v) is 19.4. The van der Waals surface area contributed by atoms with Crippen LogP contribution in [0.1, 0.15) is 48.0 Å². The number of hydrogen-bond donors (Lipinski definition) is 1. The molecule has 0 bridgehead atoms. The van der Waals surface area contributed by atoms with Crippen LogP contribution in [0, 0.1) is 11.3 Å². The molecule has 1 N–H and O–H groups in total. The van der Waals surface area contributed by atoms with Crippen molar-refractivity contribution >= 4 is 39.1 Å². The molecule has 1 aliphatic carbocycles. The average molecular weight is 455 g/mol. The van der Waals surface area contributed by atoms with Gasteiger partial charge in [0, 0.05) is 10.6 Å². The molecule has 0 aliphatic heterocycles. The van der Waals surface area contributed by atoms with Crippen molar-refractivity contribution in [2.75, 3.05) is 12.4 Å². The standard InChI is InChI=1S/C23H26N4O4S/c1-23(2,3)14-8-9-16-17(11-14)32-20-19(16)21(29)27(26-25-20)12-18(28)24-15-7-5-6-13(10-15)22(30)31-4/h5-7,10,14H,8-9,11-12H2,1-4H3,(H,24,28)/t14-/m0/s1. The van der Waals surface area contributed by atoms with Crippen molar-refractivity contribution in [2.24, 2.45) is 11.3 Å². The highest BCUT2D eigenvalue weighted by Crippen LogP contribution is 2.41. The SMILES string of the molecule is COC(=O)c1cccc(NC(=O)Cn2nnc3sc4c(c3c2=O)CC[C@H](C(C)(C)C)C4)c1. The summed E-state index contributed by atoms with van der Waals surface area (Å²) in [5.41, 5.74) is 1.73. The summed E-state index contributed by atoms with van der Waals surface area (Å²) in [6, 6.07) is 6.41. The molecule has 168 valence electrons. The Balaban J connectivity index is 1.56. The Morgan fingerprint density at radius 2 is 2.09 bits per heavy atom. The molecule has 0 saturated carbocycles. The number of anilines is 1. The van der Waals surface area contributed by atoms with E-state index in [1.54, 1.807) is 18.2 Å². The van der Waals surface area contributed by atoms with Gasteiger partial charge in [-0.15, -0.1) is 16.4 Å². The van der Waals surface area contributed by atoms with Gasteiger partial charge in [0.1, 0.15) is 6.54 Å². The molecule has 32 heavy (non-hydrogen) atoms. The minimum absolute atomic E-state index is 0.211. The molecule has 1 aliphatic rings. The predicted molar refractivity (Wildman–Crippen MR) is 123 cm³/mol. The lowest BCUT2D eigenvalue weighted by Gasteiger charge is -2.33. The number of methoxy groups -OCH3 is 1. The van der Waals surface area contributed by atoms with Crippen LogP contribution in [0.4, 0.5) is 5.69 Å². The Labute approximate surface area is 189 Å². The maximum Gasteiger partial charge on any atom is 0.337 e. The molecule has 9 heteroatoms. The van der Waals surface area contributed by atoms with Crippen LogP contribution in [0.3, 0.4) is 0 Å². The maximum atomic E-state index is 13.1. The highest BCUT2D eigenvalue weighted by Gasteiger charge is 2.32. The lowest BCUT2D eigenvalue weighted by Crippen LogP contribution is -2.31. The van der Waals surface area contributed by atoms with E-state index in [1.165, 1.54) is 29.4 Å². The normalized spacial score (nSPS) is 15.9. The quantitative estimate of drug-likeness (QED) is 0.606. The molecule has 0 spiro atoms. The third-order valence-electron chi connectivity index (χ3n) is 6.02. The first kappa shape index (κ1) is 22.1. The van der Waals surface area contributed by atoms with Gasteiger partial charge in [-0.05, 0) is 54.4 Å². The number of esters is 1. The van der Waals surface area contributed by atoms with E-state index in [4.69, 9.17) is 4.74 Å². The Hall–Kier alpha value is -3.07. The van der Waals surface area contributed by atoms with Gasteiger partial charge < -0.3 is 10.1 Å². The fourth-order valence-electron chi connectivity index (χ4n) is 4.15. The van der Waals surface area contributed by atoms with E-state index in [2.05, 4.69) is 36.4 Å². The number of carbonyl (C=O) groups excluding carboxylic acids is 2. The van der Waals surface area contributed by atoms with Crippen LogP contribution in [0.15, 0.2) is 29.1 Å². The first-order valence-corrected chi connectivity index (χ1v) is 11.4. The van der Waals surface area contributed by atoms with Gasteiger partial charge in [-0.1, -0.05) is 32.1 Å². The van der Waals surface area contributed by atoms with Gasteiger partial charge in [0.2, 0.25) is 5.91 Å². The molecule has 1 amide bonds. The summed E-state index contributed by atoms with van der Waals surface area (Å²) < 4.78 is 5.80. The number of fused-ring (bicyclic) bond motifs is 3. The molecule has 3 aromatic rings. The zero-order valence-electron chi connectivity index (χ0n) is 18.6. The fraction of sp³-hybridized carbons (Fsp3) is 0.435. The van der Waals surface area contributed by atoms with Gasteiger partial charge in [0.15, 0.2) is 4.83 Å². The lowest BCUT2D eigenvalue weighted by molar-refractivity contribution is -0.117. The number of amides is 1. The molecule has 0 fully saturated rings. The first-order chi connectivity index (χ1) is 15.2. The molecule has 0 radical (unpaired) electrons. The van der Waals surface area contributed by atoms with Crippen molar-refractivity contribution in [1.82, 2.24) is 15.0 Å². The highest BCUT2D eigenvalue weighted by atomic mass is 32.1. The van der Waals surface area contributed by atoms with E-state index in [-0.39, 0.29) is 17.5 Å². The Bertz CT molecular complexity index is 1260. The molecule has 1 atom stereocenters. The van der Waals surface area contributed by atoms with Crippen molar-refractivity contribution in [3.05, 3.63) is 50.6 Å². The van der Waals surface area contributed by atoms with Crippen LogP contribution in [0.5, 0.6) is 0 Å². The van der Waals surface area contributed by atoms with E-state index < -0.39 is 11.9 Å². The topological polar surface area (TPSA) is 103 Å². The fourth-order valence-corrected chi connectivity index (χ4v) is 5.38. The molecular formula is C23H26N4O4S. The second-order valence-electron chi connectivity index (χ2n) is 9.16. The third-order valence-corrected chi connectivity index (χ3v) is 7.16. The summed E-state index contributed by atoms with van der Waals surface area (Å²) in [6.45, 7) is 6.49. The van der Waals surface area contributed by atoms with Gasteiger partial charge in [0.05, 0.1) is 18.1 Å². The zero-order chi connectivity index (χ0) is 23.0. The van der Waals surface area contributed by atoms with Gasteiger partial charge in [-0.3, -0.25) is 9.59 Å². The number of carbonyl (C=O) groups is 2. The maximum absolute atomic E-state index is 13.1. The van der Waals surface area contributed by atoms with Gasteiger partial charge in [-0.2, -0.15) is 0 Å². The molecule has 2 heterocycles. The molecular weight excluding hydrogens is 428 g/mol. The number of nitrogens with zero attached hydrogens (tertiary/aromatic N) is 3. The van der Waals surface area contributed by atoms with Gasteiger partial charge >= 0.3 is 5.97 Å². The number of nitrogens with one attached hydrogen (secondary N) is 1. The van der Waals surface area contributed by atoms with Crippen LogP contribution in [-0.4, -0.2) is 34.0 Å². The number of aromatic nitrogens is 3. The van der Waals surface area contributed by atoms with Crippen LogP contribution in [-0.2, 0) is 28.9 Å². The number of benzene rings is 1.